The summed E-state index contributed by atoms with van der Waals surface area (Å²) in [5.41, 5.74) is 14.2. The molecule has 0 spiro atoms. The highest BCUT2D eigenvalue weighted by Gasteiger charge is 2.25. The molecule has 1 aliphatic heterocycles. The highest BCUT2D eigenvalue weighted by atomic mass is 15.3. The number of nitrogens with zero attached hydrogens (tertiary/aromatic N) is 5. The van der Waals surface area contributed by atoms with Gasteiger partial charge in [0.2, 0.25) is 0 Å². The van der Waals surface area contributed by atoms with E-state index in [1.54, 1.807) is 24.7 Å². The number of nitrogens with two attached hydrogens (primary N) is 1. The Morgan fingerprint density at radius 2 is 2.03 bits per heavy atom. The van der Waals surface area contributed by atoms with E-state index >= 15 is 0 Å². The largest absolute Gasteiger partial charge is 0.357 e. The second-order valence-electron chi connectivity index (χ2n) is 8.97. The number of H-pyrrole nitrogens is 2. The Hall–Kier alpha value is -4.56. The summed E-state index contributed by atoms with van der Waals surface area (Å²) in [6.07, 6.45) is 8.89. The summed E-state index contributed by atoms with van der Waals surface area (Å²) in [6.45, 7) is 13.3. The first-order valence-electron chi connectivity index (χ1n) is 12.2. The fraction of sp³-hybridized carbons (Fsp3) is 0.172. The number of likely N-dealkylation sites (tertiary alicyclic amines) is 1. The summed E-state index contributed by atoms with van der Waals surface area (Å²) in [7, 11) is 0. The van der Waals surface area contributed by atoms with Crippen LogP contribution in [0, 0.1) is 6.92 Å². The number of aliphatic imine (C=N–C) groups is 2. The second-order valence-corrected chi connectivity index (χ2v) is 8.97. The molecule has 0 amide bonds. The topological polar surface area (TPSA) is 111 Å². The van der Waals surface area contributed by atoms with Gasteiger partial charge in [0.1, 0.15) is 11.5 Å². The molecule has 37 heavy (non-hydrogen) atoms. The maximum atomic E-state index is 5.96. The molecule has 186 valence electrons. The Morgan fingerprint density at radius 3 is 2.70 bits per heavy atom. The van der Waals surface area contributed by atoms with Crippen LogP contribution < -0.4 is 5.73 Å². The molecule has 8 heteroatoms. The van der Waals surface area contributed by atoms with Crippen molar-refractivity contribution in [2.45, 2.75) is 19.9 Å². The second kappa shape index (κ2) is 10.2. The standard InChI is InChI=1S/C29H30N8/c1-5-24(34-27(6-2)37-16-21(30)17-37)19-10-11-25-23(13-19)29(36-35-25)26-14-22(18(4)33-26)28(32-7-3)20-9-8-12-31-15-20/h5-15,21,33H,2-3,16-17,30H2,1,4H3,(H,35,36)/b24-5-,32-28?,34-27?. The van der Waals surface area contributed by atoms with Gasteiger partial charge in [0.25, 0.3) is 0 Å². The van der Waals surface area contributed by atoms with Crippen molar-refractivity contribution in [3.05, 3.63) is 103 Å². The minimum Gasteiger partial charge on any atom is -0.357 e. The van der Waals surface area contributed by atoms with Gasteiger partial charge in [-0.25, -0.2) is 4.99 Å². The molecule has 0 unspecified atom stereocenters. The maximum absolute atomic E-state index is 5.96. The van der Waals surface area contributed by atoms with Crippen molar-refractivity contribution < 1.29 is 0 Å². The summed E-state index contributed by atoms with van der Waals surface area (Å²) in [5, 5.41) is 8.79. The molecule has 0 bridgehead atoms. The van der Waals surface area contributed by atoms with Gasteiger partial charge in [-0.1, -0.05) is 25.3 Å². The summed E-state index contributed by atoms with van der Waals surface area (Å²) < 4.78 is 0. The van der Waals surface area contributed by atoms with Crippen LogP contribution in [0.4, 0.5) is 0 Å². The predicted octanol–water partition coefficient (Wildman–Crippen LogP) is 4.83. The number of pyridine rings is 1. The van der Waals surface area contributed by atoms with Crippen molar-refractivity contribution in [1.82, 2.24) is 25.1 Å². The number of nitrogens with one attached hydrogen (secondary N) is 2. The minimum absolute atomic E-state index is 0.188. The summed E-state index contributed by atoms with van der Waals surface area (Å²) in [5.74, 6) is 0.830. The lowest BCUT2D eigenvalue weighted by molar-refractivity contribution is 0.256. The van der Waals surface area contributed by atoms with E-state index in [-0.39, 0.29) is 6.04 Å². The van der Waals surface area contributed by atoms with E-state index < -0.39 is 0 Å². The smallest absolute Gasteiger partial charge is 0.128 e. The van der Waals surface area contributed by atoms with Crippen molar-refractivity contribution >= 4 is 28.1 Å². The number of aromatic amines is 2. The highest BCUT2D eigenvalue weighted by molar-refractivity contribution is 6.14. The van der Waals surface area contributed by atoms with Gasteiger partial charge in [-0.2, -0.15) is 5.10 Å². The third kappa shape index (κ3) is 4.66. The molecule has 4 heterocycles. The van der Waals surface area contributed by atoms with Crippen LogP contribution in [-0.4, -0.2) is 55.7 Å². The number of hydrogen-bond acceptors (Lipinski definition) is 5. The Balaban J connectivity index is 1.54. The number of rotatable bonds is 7. The molecule has 0 saturated carbocycles. The average molecular weight is 491 g/mol. The van der Waals surface area contributed by atoms with E-state index in [4.69, 9.17) is 10.7 Å². The van der Waals surface area contributed by atoms with E-state index in [9.17, 15) is 0 Å². The Labute approximate surface area is 216 Å². The lowest BCUT2D eigenvalue weighted by Gasteiger charge is -2.38. The number of hydrogen-bond donors (Lipinski definition) is 3. The third-order valence-electron chi connectivity index (χ3n) is 6.46. The molecule has 1 aromatic carbocycles. The predicted molar refractivity (Wildman–Crippen MR) is 152 cm³/mol. The zero-order valence-electron chi connectivity index (χ0n) is 21.1. The third-order valence-corrected chi connectivity index (χ3v) is 6.46. The molecule has 1 saturated heterocycles. The molecule has 4 aromatic rings. The molecule has 0 atom stereocenters. The monoisotopic (exact) mass is 490 g/mol. The number of amidine groups is 1. The zero-order chi connectivity index (χ0) is 25.9. The molecule has 4 N–H and O–H groups in total. The Kier molecular flexibility index (Phi) is 6.66. The van der Waals surface area contributed by atoms with Crippen LogP contribution in [-0.2, 0) is 0 Å². The summed E-state index contributed by atoms with van der Waals surface area (Å²) in [6, 6.07) is 12.3. The van der Waals surface area contributed by atoms with Gasteiger partial charge in [0.15, 0.2) is 0 Å². The molecular weight excluding hydrogens is 460 g/mol. The first-order chi connectivity index (χ1) is 18.0. The van der Waals surface area contributed by atoms with Crippen LogP contribution in [0.2, 0.25) is 0 Å². The number of benzene rings is 1. The quantitative estimate of drug-likeness (QED) is 0.254. The van der Waals surface area contributed by atoms with Gasteiger partial charge >= 0.3 is 0 Å². The van der Waals surface area contributed by atoms with E-state index in [1.165, 1.54) is 0 Å². The summed E-state index contributed by atoms with van der Waals surface area (Å²) in [4.78, 5) is 19.3. The summed E-state index contributed by atoms with van der Waals surface area (Å²) >= 11 is 0. The Bertz CT molecular complexity index is 1550. The van der Waals surface area contributed by atoms with Gasteiger partial charge in [0, 0.05) is 65.5 Å². The van der Waals surface area contributed by atoms with Crippen LogP contribution in [0.3, 0.4) is 0 Å². The molecular formula is C29H30N8. The van der Waals surface area contributed by atoms with Gasteiger partial charge in [-0.3, -0.25) is 15.1 Å². The number of aryl methyl sites for hydroxylation is 1. The molecule has 8 nitrogen and oxygen atoms in total. The number of fused-ring (bicyclic) bond motifs is 1. The van der Waals surface area contributed by atoms with Crippen molar-refractivity contribution in [2.24, 2.45) is 15.7 Å². The van der Waals surface area contributed by atoms with Crippen molar-refractivity contribution in [1.29, 1.82) is 0 Å². The Morgan fingerprint density at radius 1 is 1.19 bits per heavy atom. The van der Waals surface area contributed by atoms with Gasteiger partial charge < -0.3 is 15.6 Å². The zero-order valence-corrected chi connectivity index (χ0v) is 21.1. The van der Waals surface area contributed by atoms with Crippen molar-refractivity contribution in [2.75, 3.05) is 13.1 Å². The van der Waals surface area contributed by atoms with E-state index in [0.717, 1.165) is 75.0 Å². The van der Waals surface area contributed by atoms with Crippen molar-refractivity contribution in [3.8, 4) is 11.4 Å². The molecule has 0 aliphatic carbocycles. The first kappa shape index (κ1) is 24.1. The van der Waals surface area contributed by atoms with Gasteiger partial charge in [-0.15, -0.1) is 0 Å². The lowest BCUT2D eigenvalue weighted by atomic mass is 10.0. The molecule has 1 fully saturated rings. The van der Waals surface area contributed by atoms with Crippen LogP contribution in [0.1, 0.15) is 29.3 Å². The van der Waals surface area contributed by atoms with Crippen LogP contribution in [0.25, 0.3) is 28.0 Å². The van der Waals surface area contributed by atoms with E-state index in [0.29, 0.717) is 0 Å². The number of aromatic nitrogens is 4. The highest BCUT2D eigenvalue weighted by Crippen LogP contribution is 2.31. The maximum Gasteiger partial charge on any atom is 0.128 e. The first-order valence-corrected chi connectivity index (χ1v) is 12.2. The van der Waals surface area contributed by atoms with Crippen molar-refractivity contribution in [3.63, 3.8) is 0 Å². The fourth-order valence-corrected chi connectivity index (χ4v) is 4.57. The average Bonchev–Trinajstić information content (AvgIpc) is 3.49. The normalized spacial score (nSPS) is 15.2. The van der Waals surface area contributed by atoms with Crippen LogP contribution in [0.5, 0.6) is 0 Å². The molecule has 1 aliphatic rings. The van der Waals surface area contributed by atoms with Crippen LogP contribution in [0.15, 0.2) is 90.3 Å². The molecule has 0 radical (unpaired) electrons. The lowest BCUT2D eigenvalue weighted by Crippen LogP contribution is -2.57. The number of allylic oxidation sites excluding steroid dienone is 1. The molecule has 5 rings (SSSR count). The molecule has 3 aromatic heterocycles. The fourth-order valence-electron chi connectivity index (χ4n) is 4.57. The SMILES string of the molecule is C=CN=C(c1cccnc1)c1cc(-c2n[nH]c3ccc(/C(=C/C)N=C(C=C)N4CC(N)C4)cc23)[nH]c1C. The van der Waals surface area contributed by atoms with Gasteiger partial charge in [-0.05, 0) is 50.3 Å². The van der Waals surface area contributed by atoms with E-state index in [1.807, 2.05) is 44.2 Å². The van der Waals surface area contributed by atoms with E-state index in [2.05, 4.69) is 55.3 Å². The van der Waals surface area contributed by atoms with Crippen LogP contribution >= 0.6 is 0 Å². The minimum atomic E-state index is 0.188. The van der Waals surface area contributed by atoms with Gasteiger partial charge in [0.05, 0.1) is 22.6 Å².